The molecule has 2 heterocycles. The second-order valence-corrected chi connectivity index (χ2v) is 6.43. The van der Waals surface area contributed by atoms with Crippen LogP contribution in [-0.4, -0.2) is 22.4 Å². The average molecular weight is 429 g/mol. The van der Waals surface area contributed by atoms with Crippen LogP contribution in [0.15, 0.2) is 51.7 Å². The Kier molecular flexibility index (Phi) is 4.90. The number of hydrogen-bond donors (Lipinski definition) is 1. The zero-order valence-electron chi connectivity index (χ0n) is 13.1. The molecule has 2 aromatic heterocycles. The normalized spacial score (nSPS) is 11.7. The number of ketones is 1. The number of nitrogens with zero attached hydrogens (tertiary/aromatic N) is 1. The summed E-state index contributed by atoms with van der Waals surface area (Å²) in [6.45, 7) is -0.0745. The molecule has 0 unspecified atom stereocenters. The molecule has 0 bridgehead atoms. The molecule has 0 radical (unpaired) electrons. The predicted octanol–water partition coefficient (Wildman–Crippen LogP) is 4.06. The van der Waals surface area contributed by atoms with Crippen molar-refractivity contribution in [2.24, 2.45) is 0 Å². The number of fused-ring (bicyclic) bond motifs is 1. The van der Waals surface area contributed by atoms with E-state index in [1.54, 1.807) is 24.3 Å². The monoisotopic (exact) mass is 428 g/mol. The van der Waals surface area contributed by atoms with E-state index in [1.165, 1.54) is 16.9 Å². The minimum absolute atomic E-state index is 0.125. The van der Waals surface area contributed by atoms with Gasteiger partial charge >= 0.3 is 6.18 Å². The van der Waals surface area contributed by atoms with Gasteiger partial charge in [-0.05, 0) is 30.3 Å². The van der Waals surface area contributed by atoms with Gasteiger partial charge in [0.05, 0.1) is 18.4 Å². The molecule has 0 saturated heterocycles. The van der Waals surface area contributed by atoms with Crippen molar-refractivity contribution in [3.63, 3.8) is 0 Å². The van der Waals surface area contributed by atoms with E-state index in [2.05, 4.69) is 21.2 Å². The van der Waals surface area contributed by atoms with Gasteiger partial charge in [0.15, 0.2) is 0 Å². The third-order valence-corrected chi connectivity index (χ3v) is 4.19. The molecule has 0 aliphatic heterocycles. The van der Waals surface area contributed by atoms with Crippen molar-refractivity contribution in [3.8, 4) is 0 Å². The number of hydrogen-bond acceptors (Lipinski definition) is 3. The lowest BCUT2D eigenvalue weighted by molar-refractivity contribution is -0.121. The van der Waals surface area contributed by atoms with Crippen molar-refractivity contribution in [2.75, 3.05) is 0 Å². The van der Waals surface area contributed by atoms with Gasteiger partial charge in [0.2, 0.25) is 5.91 Å². The summed E-state index contributed by atoms with van der Waals surface area (Å²) in [5.41, 5.74) is -0.137. The van der Waals surface area contributed by atoms with Crippen LogP contribution in [0.25, 0.3) is 10.9 Å². The summed E-state index contributed by atoms with van der Waals surface area (Å²) in [4.78, 5) is 23.8. The number of rotatable bonds is 5. The van der Waals surface area contributed by atoms with Crippen LogP contribution in [0.5, 0.6) is 0 Å². The van der Waals surface area contributed by atoms with E-state index in [9.17, 15) is 22.8 Å². The third-order valence-electron chi connectivity index (χ3n) is 3.70. The summed E-state index contributed by atoms with van der Waals surface area (Å²) in [6.07, 6.45) is -2.48. The summed E-state index contributed by atoms with van der Waals surface area (Å²) < 4.78 is 45.5. The van der Waals surface area contributed by atoms with Gasteiger partial charge in [0.1, 0.15) is 12.3 Å². The van der Waals surface area contributed by atoms with Crippen molar-refractivity contribution >= 4 is 38.5 Å². The highest BCUT2D eigenvalue weighted by molar-refractivity contribution is 9.10. The first-order chi connectivity index (χ1) is 12.3. The highest BCUT2D eigenvalue weighted by Gasteiger charge is 2.40. The van der Waals surface area contributed by atoms with Gasteiger partial charge in [-0.25, -0.2) is 0 Å². The van der Waals surface area contributed by atoms with Crippen LogP contribution in [0.3, 0.4) is 0 Å². The Bertz CT molecular complexity index is 962. The molecule has 1 amide bonds. The molecule has 1 N–H and O–H groups in total. The first-order valence-corrected chi connectivity index (χ1v) is 8.24. The molecular weight excluding hydrogens is 417 g/mol. The number of carbonyl (C=O) groups excluding carboxylic acids is 2. The molecule has 136 valence electrons. The number of nitrogens with one attached hydrogen (secondary N) is 1. The number of halogens is 4. The SMILES string of the molecule is O=C(Cn1cc(C(=O)C(F)(F)F)c2cc(Br)ccc21)NCc1ccco1. The van der Waals surface area contributed by atoms with Crippen LogP contribution < -0.4 is 5.32 Å². The van der Waals surface area contributed by atoms with Crippen LogP contribution >= 0.6 is 15.9 Å². The number of furan rings is 1. The lowest BCUT2D eigenvalue weighted by atomic mass is 10.1. The van der Waals surface area contributed by atoms with Crippen LogP contribution in [0.2, 0.25) is 0 Å². The van der Waals surface area contributed by atoms with Gasteiger partial charge in [-0.15, -0.1) is 0 Å². The minimum Gasteiger partial charge on any atom is -0.467 e. The number of Topliss-reactive ketones (excluding diaryl/α,β-unsaturated/α-hetero) is 1. The first-order valence-electron chi connectivity index (χ1n) is 7.44. The Hall–Kier alpha value is -2.55. The summed E-state index contributed by atoms with van der Waals surface area (Å²) in [5.74, 6) is -1.82. The van der Waals surface area contributed by atoms with E-state index in [1.807, 2.05) is 0 Å². The largest absolute Gasteiger partial charge is 0.467 e. The molecular formula is C17H12BrF3N2O3. The first kappa shape index (κ1) is 18.2. The van der Waals surface area contributed by atoms with E-state index in [0.29, 0.717) is 15.7 Å². The quantitative estimate of drug-likeness (QED) is 0.623. The fraction of sp³-hybridized carbons (Fsp3) is 0.176. The van der Waals surface area contributed by atoms with E-state index in [4.69, 9.17) is 4.42 Å². The smallest absolute Gasteiger partial charge is 0.454 e. The Morgan fingerprint density at radius 1 is 1.23 bits per heavy atom. The van der Waals surface area contributed by atoms with Gasteiger partial charge < -0.3 is 14.3 Å². The summed E-state index contributed by atoms with van der Waals surface area (Å²) in [6, 6.07) is 7.95. The molecule has 0 saturated carbocycles. The second-order valence-electron chi connectivity index (χ2n) is 5.52. The summed E-state index contributed by atoms with van der Waals surface area (Å²) in [7, 11) is 0. The zero-order chi connectivity index (χ0) is 18.9. The Morgan fingerprint density at radius 2 is 2.00 bits per heavy atom. The highest BCUT2D eigenvalue weighted by atomic mass is 79.9. The molecule has 26 heavy (non-hydrogen) atoms. The van der Waals surface area contributed by atoms with E-state index in [-0.39, 0.29) is 18.5 Å². The van der Waals surface area contributed by atoms with Crippen molar-refractivity contribution < 1.29 is 27.2 Å². The van der Waals surface area contributed by atoms with Gasteiger partial charge in [0.25, 0.3) is 5.78 Å². The number of carbonyl (C=O) groups is 2. The maximum absolute atomic E-state index is 12.9. The average Bonchev–Trinajstić information content (AvgIpc) is 3.19. The topological polar surface area (TPSA) is 64.2 Å². The molecule has 9 heteroatoms. The molecule has 3 aromatic rings. The summed E-state index contributed by atoms with van der Waals surface area (Å²) in [5, 5.41) is 2.73. The van der Waals surface area contributed by atoms with Crippen molar-refractivity contribution in [2.45, 2.75) is 19.3 Å². The fourth-order valence-electron chi connectivity index (χ4n) is 2.54. The molecule has 0 fully saturated rings. The van der Waals surface area contributed by atoms with Crippen molar-refractivity contribution in [1.29, 1.82) is 0 Å². The highest BCUT2D eigenvalue weighted by Crippen LogP contribution is 2.30. The maximum atomic E-state index is 12.9. The Morgan fingerprint density at radius 3 is 2.65 bits per heavy atom. The second kappa shape index (κ2) is 6.99. The van der Waals surface area contributed by atoms with Gasteiger partial charge in [0, 0.05) is 21.6 Å². The van der Waals surface area contributed by atoms with Crippen molar-refractivity contribution in [3.05, 3.63) is 58.6 Å². The van der Waals surface area contributed by atoms with E-state index >= 15 is 0 Å². The molecule has 3 rings (SSSR count). The fourth-order valence-corrected chi connectivity index (χ4v) is 2.90. The Labute approximate surface area is 153 Å². The molecule has 0 aliphatic carbocycles. The number of alkyl halides is 3. The standard InChI is InChI=1S/C17H12BrF3N2O3/c18-10-3-4-14-12(6-10)13(16(25)17(19,20)21)8-23(14)9-15(24)22-7-11-2-1-5-26-11/h1-6,8H,7,9H2,(H,22,24). The van der Waals surface area contributed by atoms with Crippen LogP contribution in [0, 0.1) is 0 Å². The number of benzene rings is 1. The van der Waals surface area contributed by atoms with Crippen LogP contribution in [-0.2, 0) is 17.9 Å². The summed E-state index contributed by atoms with van der Waals surface area (Å²) >= 11 is 3.18. The maximum Gasteiger partial charge on any atom is 0.454 e. The Balaban J connectivity index is 1.88. The third kappa shape index (κ3) is 3.82. The number of amides is 1. The van der Waals surface area contributed by atoms with Gasteiger partial charge in [-0.2, -0.15) is 13.2 Å². The van der Waals surface area contributed by atoms with Gasteiger partial charge in [-0.1, -0.05) is 15.9 Å². The minimum atomic E-state index is -5.00. The number of aromatic nitrogens is 1. The molecule has 0 spiro atoms. The van der Waals surface area contributed by atoms with Crippen LogP contribution in [0.4, 0.5) is 13.2 Å². The molecule has 0 atom stereocenters. The molecule has 0 aliphatic rings. The zero-order valence-corrected chi connectivity index (χ0v) is 14.7. The van der Waals surface area contributed by atoms with Crippen molar-refractivity contribution in [1.82, 2.24) is 9.88 Å². The lowest BCUT2D eigenvalue weighted by Gasteiger charge is -2.06. The predicted molar refractivity (Wildman–Crippen MR) is 90.6 cm³/mol. The molecule has 5 nitrogen and oxygen atoms in total. The van der Waals surface area contributed by atoms with Crippen LogP contribution in [0.1, 0.15) is 16.1 Å². The van der Waals surface area contributed by atoms with Gasteiger partial charge in [-0.3, -0.25) is 9.59 Å². The van der Waals surface area contributed by atoms with E-state index < -0.39 is 23.4 Å². The molecule has 1 aromatic carbocycles. The lowest BCUT2D eigenvalue weighted by Crippen LogP contribution is -2.26. The van der Waals surface area contributed by atoms with E-state index in [0.717, 1.165) is 6.20 Å².